The molecule has 7 heteroatoms. The molecule has 0 unspecified atom stereocenters. The van der Waals surface area contributed by atoms with E-state index in [1.54, 1.807) is 25.4 Å². The predicted molar refractivity (Wildman–Crippen MR) is 97.0 cm³/mol. The molecule has 4 rings (SSSR count). The van der Waals surface area contributed by atoms with Crippen LogP contribution in [0.15, 0.2) is 42.6 Å². The van der Waals surface area contributed by atoms with E-state index >= 15 is 0 Å². The van der Waals surface area contributed by atoms with Crippen LogP contribution in [0.25, 0.3) is 5.65 Å². The van der Waals surface area contributed by atoms with Crippen LogP contribution in [-0.4, -0.2) is 53.8 Å². The number of hydrogen-bond acceptors (Lipinski definition) is 6. The van der Waals surface area contributed by atoms with Gasteiger partial charge in [-0.3, -0.25) is 4.79 Å². The number of carbonyl (C=O) groups is 1. The molecule has 0 atom stereocenters. The fourth-order valence-electron chi connectivity index (χ4n) is 3.19. The lowest BCUT2D eigenvalue weighted by Crippen LogP contribution is -2.37. The molecular formula is C19H20N4O3. The molecule has 0 spiro atoms. The largest absolute Gasteiger partial charge is 0.496 e. The molecule has 1 aliphatic heterocycles. The minimum atomic E-state index is -0.0215. The Balaban J connectivity index is 1.67. The van der Waals surface area contributed by atoms with Crippen molar-refractivity contribution in [1.29, 1.82) is 0 Å². The van der Waals surface area contributed by atoms with E-state index in [1.165, 1.54) is 0 Å². The average molecular weight is 352 g/mol. The number of benzene rings is 1. The number of anilines is 1. The summed E-state index contributed by atoms with van der Waals surface area (Å²) in [6.45, 7) is 2.94. The molecule has 0 aliphatic carbocycles. The van der Waals surface area contributed by atoms with Crippen molar-refractivity contribution in [2.24, 2.45) is 0 Å². The van der Waals surface area contributed by atoms with Gasteiger partial charge in [-0.05, 0) is 12.1 Å². The standard InChI is InChI=1S/C19H20N4O3/c1-25-17-5-3-2-4-15(17)16(24)12-14-13-19(22-8-10-26-11-9-22)23-18(21-14)6-7-20-23/h2-7,13H,8-12H2,1H3. The number of rotatable bonds is 5. The van der Waals surface area contributed by atoms with Crippen molar-refractivity contribution in [3.05, 3.63) is 53.9 Å². The van der Waals surface area contributed by atoms with Crippen LogP contribution in [0.3, 0.4) is 0 Å². The number of aromatic nitrogens is 3. The summed E-state index contributed by atoms with van der Waals surface area (Å²) < 4.78 is 12.5. The zero-order chi connectivity index (χ0) is 17.9. The quantitative estimate of drug-likeness (QED) is 0.654. The van der Waals surface area contributed by atoms with Crippen LogP contribution in [-0.2, 0) is 11.2 Å². The van der Waals surface area contributed by atoms with Crippen LogP contribution < -0.4 is 9.64 Å². The molecule has 1 aromatic carbocycles. The first-order valence-corrected chi connectivity index (χ1v) is 8.59. The minimum Gasteiger partial charge on any atom is -0.496 e. The third-order valence-electron chi connectivity index (χ3n) is 4.48. The van der Waals surface area contributed by atoms with Crippen molar-refractivity contribution in [2.45, 2.75) is 6.42 Å². The summed E-state index contributed by atoms with van der Waals surface area (Å²) in [7, 11) is 1.57. The number of ether oxygens (including phenoxy) is 2. The summed E-state index contributed by atoms with van der Waals surface area (Å²) in [4.78, 5) is 19.6. The van der Waals surface area contributed by atoms with Gasteiger partial charge in [0.05, 0.1) is 44.2 Å². The number of methoxy groups -OCH3 is 1. The molecule has 26 heavy (non-hydrogen) atoms. The predicted octanol–water partition coefficient (Wildman–Crippen LogP) is 2.00. The van der Waals surface area contributed by atoms with Crippen molar-refractivity contribution >= 4 is 17.2 Å². The first-order chi connectivity index (χ1) is 12.8. The second-order valence-corrected chi connectivity index (χ2v) is 6.11. The summed E-state index contributed by atoms with van der Waals surface area (Å²) in [5, 5.41) is 4.37. The van der Waals surface area contributed by atoms with Gasteiger partial charge in [0, 0.05) is 25.2 Å². The van der Waals surface area contributed by atoms with Crippen molar-refractivity contribution in [3.8, 4) is 5.75 Å². The molecule has 0 amide bonds. The maximum absolute atomic E-state index is 12.8. The number of morpholine rings is 1. The number of para-hydroxylation sites is 1. The van der Waals surface area contributed by atoms with Crippen molar-refractivity contribution in [1.82, 2.24) is 14.6 Å². The summed E-state index contributed by atoms with van der Waals surface area (Å²) in [5.41, 5.74) is 2.02. The van der Waals surface area contributed by atoms with Crippen molar-refractivity contribution < 1.29 is 14.3 Å². The topological polar surface area (TPSA) is 69.0 Å². The molecule has 1 aliphatic rings. The Morgan fingerprint density at radius 2 is 2.04 bits per heavy atom. The van der Waals surface area contributed by atoms with E-state index in [9.17, 15) is 4.79 Å². The van der Waals surface area contributed by atoms with Gasteiger partial charge in [0.2, 0.25) is 0 Å². The van der Waals surface area contributed by atoms with Gasteiger partial charge in [-0.1, -0.05) is 12.1 Å². The smallest absolute Gasteiger partial charge is 0.172 e. The Morgan fingerprint density at radius 1 is 1.23 bits per heavy atom. The average Bonchev–Trinajstić information content (AvgIpc) is 3.16. The fraction of sp³-hybridized carbons (Fsp3) is 0.316. The maximum atomic E-state index is 12.8. The van der Waals surface area contributed by atoms with E-state index in [2.05, 4.69) is 15.0 Å². The molecular weight excluding hydrogens is 332 g/mol. The summed E-state index contributed by atoms with van der Waals surface area (Å²) in [6, 6.07) is 11.0. The third kappa shape index (κ3) is 3.13. The van der Waals surface area contributed by atoms with E-state index in [1.807, 2.05) is 28.8 Å². The van der Waals surface area contributed by atoms with E-state index in [0.717, 1.165) is 30.2 Å². The number of ketones is 1. The van der Waals surface area contributed by atoms with Gasteiger partial charge in [-0.25, -0.2) is 4.98 Å². The van der Waals surface area contributed by atoms with Gasteiger partial charge in [0.25, 0.3) is 0 Å². The maximum Gasteiger partial charge on any atom is 0.172 e. The van der Waals surface area contributed by atoms with E-state index in [0.29, 0.717) is 24.5 Å². The molecule has 1 fully saturated rings. The summed E-state index contributed by atoms with van der Waals surface area (Å²) >= 11 is 0. The molecule has 0 N–H and O–H groups in total. The highest BCUT2D eigenvalue weighted by atomic mass is 16.5. The number of carbonyl (C=O) groups excluding carboxylic acids is 1. The van der Waals surface area contributed by atoms with Gasteiger partial charge in [-0.2, -0.15) is 9.61 Å². The molecule has 7 nitrogen and oxygen atoms in total. The van der Waals surface area contributed by atoms with Crippen LogP contribution in [0.1, 0.15) is 16.1 Å². The first kappa shape index (κ1) is 16.5. The lowest BCUT2D eigenvalue weighted by Gasteiger charge is -2.29. The van der Waals surface area contributed by atoms with Gasteiger partial charge < -0.3 is 14.4 Å². The molecule has 2 aromatic heterocycles. The zero-order valence-electron chi connectivity index (χ0n) is 14.6. The van der Waals surface area contributed by atoms with Crippen LogP contribution in [0.5, 0.6) is 5.75 Å². The molecule has 3 heterocycles. The zero-order valence-corrected chi connectivity index (χ0v) is 14.6. The van der Waals surface area contributed by atoms with Crippen LogP contribution in [0, 0.1) is 0 Å². The molecule has 3 aromatic rings. The highest BCUT2D eigenvalue weighted by Gasteiger charge is 2.19. The Bertz CT molecular complexity index is 931. The number of Topliss-reactive ketones (excluding diaryl/α,β-unsaturated/α-hetero) is 1. The monoisotopic (exact) mass is 352 g/mol. The summed E-state index contributed by atoms with van der Waals surface area (Å²) in [5.74, 6) is 1.49. The van der Waals surface area contributed by atoms with Gasteiger partial charge >= 0.3 is 0 Å². The SMILES string of the molecule is COc1ccccc1C(=O)Cc1cc(N2CCOCC2)n2nccc2n1. The third-order valence-corrected chi connectivity index (χ3v) is 4.48. The Morgan fingerprint density at radius 3 is 2.85 bits per heavy atom. The Hall–Kier alpha value is -2.93. The van der Waals surface area contributed by atoms with E-state index in [-0.39, 0.29) is 12.2 Å². The Kier molecular flexibility index (Phi) is 4.53. The van der Waals surface area contributed by atoms with Crippen LogP contribution in [0.2, 0.25) is 0 Å². The molecule has 0 bridgehead atoms. The Labute approximate surface area is 151 Å². The van der Waals surface area contributed by atoms with Crippen molar-refractivity contribution in [3.63, 3.8) is 0 Å². The minimum absolute atomic E-state index is 0.0215. The lowest BCUT2D eigenvalue weighted by molar-refractivity contribution is 0.0989. The number of hydrogen-bond donors (Lipinski definition) is 0. The molecule has 1 saturated heterocycles. The van der Waals surface area contributed by atoms with E-state index in [4.69, 9.17) is 9.47 Å². The highest BCUT2D eigenvalue weighted by Crippen LogP contribution is 2.22. The molecule has 134 valence electrons. The first-order valence-electron chi connectivity index (χ1n) is 8.59. The van der Waals surface area contributed by atoms with Gasteiger partial charge in [-0.15, -0.1) is 0 Å². The van der Waals surface area contributed by atoms with Crippen LogP contribution in [0.4, 0.5) is 5.82 Å². The second-order valence-electron chi connectivity index (χ2n) is 6.11. The highest BCUT2D eigenvalue weighted by molar-refractivity contribution is 5.99. The fourth-order valence-corrected chi connectivity index (χ4v) is 3.19. The number of fused-ring (bicyclic) bond motifs is 1. The van der Waals surface area contributed by atoms with Crippen LogP contribution >= 0.6 is 0 Å². The number of nitrogens with zero attached hydrogens (tertiary/aromatic N) is 4. The van der Waals surface area contributed by atoms with Crippen molar-refractivity contribution in [2.75, 3.05) is 38.3 Å². The summed E-state index contributed by atoms with van der Waals surface area (Å²) in [6.07, 6.45) is 1.93. The van der Waals surface area contributed by atoms with Gasteiger partial charge in [0.1, 0.15) is 11.6 Å². The lowest BCUT2D eigenvalue weighted by atomic mass is 10.1. The second kappa shape index (κ2) is 7.13. The normalized spacial score (nSPS) is 14.6. The molecule has 0 saturated carbocycles. The molecule has 0 radical (unpaired) electrons. The van der Waals surface area contributed by atoms with Gasteiger partial charge in [0.15, 0.2) is 11.4 Å². The van der Waals surface area contributed by atoms with E-state index < -0.39 is 0 Å².